The molecular weight excluding hydrogens is 290 g/mol. The van der Waals surface area contributed by atoms with Crippen LogP contribution in [0, 0.1) is 0 Å². The van der Waals surface area contributed by atoms with E-state index in [0.29, 0.717) is 12.6 Å². The van der Waals surface area contributed by atoms with Crippen LogP contribution in [0.1, 0.15) is 12.8 Å². The smallest absolute Gasteiger partial charge is 0.186 e. The van der Waals surface area contributed by atoms with Crippen molar-refractivity contribution in [2.75, 3.05) is 31.1 Å². The van der Waals surface area contributed by atoms with E-state index >= 15 is 0 Å². The van der Waals surface area contributed by atoms with Gasteiger partial charge in [-0.15, -0.1) is 11.3 Å². The molecule has 0 amide bonds. The Morgan fingerprint density at radius 1 is 1.69 bits per heavy atom. The number of nitrogens with one attached hydrogen (secondary N) is 1. The Kier molecular flexibility index (Phi) is 4.57. The van der Waals surface area contributed by atoms with Crippen molar-refractivity contribution in [1.29, 1.82) is 0 Å². The van der Waals surface area contributed by atoms with Gasteiger partial charge in [0.2, 0.25) is 0 Å². The Morgan fingerprint density at radius 3 is 3.12 bits per heavy atom. The van der Waals surface area contributed by atoms with Crippen molar-refractivity contribution in [2.45, 2.75) is 18.9 Å². The molecule has 1 saturated heterocycles. The van der Waals surface area contributed by atoms with Gasteiger partial charge in [-0.25, -0.2) is 4.98 Å². The number of nitrogens with zero attached hydrogens (tertiary/aromatic N) is 2. The van der Waals surface area contributed by atoms with E-state index in [1.165, 1.54) is 12.8 Å². The molecule has 1 unspecified atom stereocenters. The van der Waals surface area contributed by atoms with Gasteiger partial charge in [0.05, 0.1) is 6.61 Å². The van der Waals surface area contributed by atoms with E-state index in [1.54, 1.807) is 11.3 Å². The highest BCUT2D eigenvalue weighted by atomic mass is 79.9. The third-order valence-corrected chi connectivity index (χ3v) is 4.32. The molecule has 0 aromatic carbocycles. The molecule has 1 aliphatic rings. The number of aromatic nitrogens is 1. The van der Waals surface area contributed by atoms with Gasteiger partial charge in [-0.1, -0.05) is 0 Å². The fraction of sp³-hybridized carbons (Fsp3) is 0.700. The van der Waals surface area contributed by atoms with E-state index in [2.05, 4.69) is 31.1 Å². The predicted octanol–water partition coefficient (Wildman–Crippen LogP) is 1.46. The summed E-state index contributed by atoms with van der Waals surface area (Å²) in [6.45, 7) is 2.86. The first-order valence-corrected chi connectivity index (χ1v) is 7.17. The first-order valence-electron chi connectivity index (χ1n) is 5.50. The molecule has 2 N–H and O–H groups in total. The highest BCUT2D eigenvalue weighted by Gasteiger charge is 2.19. The van der Waals surface area contributed by atoms with Crippen molar-refractivity contribution < 1.29 is 5.11 Å². The summed E-state index contributed by atoms with van der Waals surface area (Å²) in [6.07, 6.45) is 2.47. The molecular formula is C10H16BrN3OS. The van der Waals surface area contributed by atoms with Crippen molar-refractivity contribution in [3.05, 3.63) is 9.98 Å². The normalized spacial score (nSPS) is 20.2. The van der Waals surface area contributed by atoms with Crippen LogP contribution in [0.5, 0.6) is 0 Å². The summed E-state index contributed by atoms with van der Waals surface area (Å²) >= 11 is 4.97. The summed E-state index contributed by atoms with van der Waals surface area (Å²) in [5.74, 6) is 0. The summed E-state index contributed by atoms with van der Waals surface area (Å²) in [6, 6.07) is 0.536. The van der Waals surface area contributed by atoms with Gasteiger partial charge in [0.15, 0.2) is 5.13 Å². The lowest BCUT2D eigenvalue weighted by molar-refractivity contribution is 0.300. The summed E-state index contributed by atoms with van der Waals surface area (Å²) < 4.78 is 0.870. The lowest BCUT2D eigenvalue weighted by Crippen LogP contribution is -2.39. The fourth-order valence-electron chi connectivity index (χ4n) is 1.95. The molecule has 1 aliphatic heterocycles. The molecule has 1 aromatic heterocycles. The monoisotopic (exact) mass is 305 g/mol. The molecule has 1 atom stereocenters. The minimum Gasteiger partial charge on any atom is -0.395 e. The number of aliphatic hydroxyl groups excluding tert-OH is 1. The Balaban J connectivity index is 1.98. The van der Waals surface area contributed by atoms with Crippen molar-refractivity contribution in [3.8, 4) is 0 Å². The molecule has 0 bridgehead atoms. The Labute approximate surface area is 108 Å². The van der Waals surface area contributed by atoms with Crippen LogP contribution >= 0.6 is 27.3 Å². The van der Waals surface area contributed by atoms with E-state index in [-0.39, 0.29) is 6.61 Å². The SMILES string of the molecule is OCCN(CC1CCCN1)c1nc(Br)cs1. The Morgan fingerprint density at radius 2 is 2.56 bits per heavy atom. The third-order valence-electron chi connectivity index (χ3n) is 2.71. The lowest BCUT2D eigenvalue weighted by Gasteiger charge is -2.24. The van der Waals surface area contributed by atoms with Gasteiger partial charge >= 0.3 is 0 Å². The molecule has 1 aromatic rings. The molecule has 0 spiro atoms. The number of aliphatic hydroxyl groups is 1. The van der Waals surface area contributed by atoms with Crippen LogP contribution in [0.4, 0.5) is 5.13 Å². The van der Waals surface area contributed by atoms with Crippen molar-refractivity contribution in [3.63, 3.8) is 0 Å². The topological polar surface area (TPSA) is 48.4 Å². The average molecular weight is 306 g/mol. The number of halogens is 1. The second-order valence-electron chi connectivity index (χ2n) is 3.92. The maximum absolute atomic E-state index is 9.08. The summed E-state index contributed by atoms with van der Waals surface area (Å²) in [5, 5.41) is 15.5. The number of hydrogen-bond acceptors (Lipinski definition) is 5. The zero-order valence-electron chi connectivity index (χ0n) is 9.03. The third kappa shape index (κ3) is 3.16. The van der Waals surface area contributed by atoms with Crippen LogP contribution in [-0.4, -0.2) is 42.4 Å². The van der Waals surface area contributed by atoms with Gasteiger partial charge in [-0.3, -0.25) is 0 Å². The van der Waals surface area contributed by atoms with Gasteiger partial charge < -0.3 is 15.3 Å². The van der Waals surface area contributed by atoms with Gasteiger partial charge in [0, 0.05) is 24.5 Å². The highest BCUT2D eigenvalue weighted by molar-refractivity contribution is 9.10. The second kappa shape index (κ2) is 5.95. The van der Waals surface area contributed by atoms with Crippen LogP contribution in [0.3, 0.4) is 0 Å². The molecule has 6 heteroatoms. The van der Waals surface area contributed by atoms with Crippen LogP contribution in [0.15, 0.2) is 9.98 Å². The molecule has 0 saturated carbocycles. The molecule has 1 fully saturated rings. The zero-order valence-corrected chi connectivity index (χ0v) is 11.4. The standard InChI is InChI=1S/C10H16BrN3OS/c11-9-7-16-10(13-9)14(4-5-15)6-8-2-1-3-12-8/h7-8,12,15H,1-6H2. The van der Waals surface area contributed by atoms with Crippen LogP contribution < -0.4 is 10.2 Å². The van der Waals surface area contributed by atoms with Crippen molar-refractivity contribution in [1.82, 2.24) is 10.3 Å². The molecule has 2 heterocycles. The minimum atomic E-state index is 0.171. The van der Waals surface area contributed by atoms with Crippen LogP contribution in [0.2, 0.25) is 0 Å². The number of thiazole rings is 1. The van der Waals surface area contributed by atoms with Gasteiger partial charge in [-0.2, -0.15) is 0 Å². The van der Waals surface area contributed by atoms with Gasteiger partial charge in [-0.05, 0) is 35.3 Å². The van der Waals surface area contributed by atoms with Crippen molar-refractivity contribution in [2.24, 2.45) is 0 Å². The maximum Gasteiger partial charge on any atom is 0.186 e. The second-order valence-corrected chi connectivity index (χ2v) is 5.56. The first kappa shape index (κ1) is 12.3. The van der Waals surface area contributed by atoms with Gasteiger partial charge in [0.25, 0.3) is 0 Å². The summed E-state index contributed by atoms with van der Waals surface area (Å²) in [5.41, 5.74) is 0. The van der Waals surface area contributed by atoms with E-state index < -0.39 is 0 Å². The van der Waals surface area contributed by atoms with E-state index in [0.717, 1.165) is 22.8 Å². The Hall–Kier alpha value is -0.170. The summed E-state index contributed by atoms with van der Waals surface area (Å²) in [4.78, 5) is 6.55. The number of anilines is 1. The highest BCUT2D eigenvalue weighted by Crippen LogP contribution is 2.24. The number of hydrogen-bond donors (Lipinski definition) is 2. The molecule has 4 nitrogen and oxygen atoms in total. The van der Waals surface area contributed by atoms with Crippen molar-refractivity contribution >= 4 is 32.4 Å². The Bertz CT molecular complexity index is 328. The zero-order chi connectivity index (χ0) is 11.4. The van der Waals surface area contributed by atoms with Crippen LogP contribution in [0.25, 0.3) is 0 Å². The van der Waals surface area contributed by atoms with Gasteiger partial charge in [0.1, 0.15) is 4.60 Å². The average Bonchev–Trinajstić information content (AvgIpc) is 2.88. The molecule has 0 radical (unpaired) electrons. The molecule has 16 heavy (non-hydrogen) atoms. The fourth-order valence-corrected chi connectivity index (χ4v) is 3.24. The van der Waals surface area contributed by atoms with E-state index in [4.69, 9.17) is 5.11 Å². The van der Waals surface area contributed by atoms with E-state index in [9.17, 15) is 0 Å². The van der Waals surface area contributed by atoms with E-state index in [1.807, 2.05) is 5.38 Å². The summed E-state index contributed by atoms with van der Waals surface area (Å²) in [7, 11) is 0. The minimum absolute atomic E-state index is 0.171. The predicted molar refractivity (Wildman–Crippen MR) is 70.1 cm³/mol. The largest absolute Gasteiger partial charge is 0.395 e. The molecule has 2 rings (SSSR count). The van der Waals surface area contributed by atoms with Crippen LogP contribution in [-0.2, 0) is 0 Å². The number of rotatable bonds is 5. The first-order chi connectivity index (χ1) is 7.79. The molecule has 0 aliphatic carbocycles. The maximum atomic E-state index is 9.08. The quantitative estimate of drug-likeness (QED) is 0.864. The lowest BCUT2D eigenvalue weighted by atomic mass is 10.2. The molecule has 90 valence electrons.